The Morgan fingerprint density at radius 2 is 2.39 bits per heavy atom. The third kappa shape index (κ3) is 2.04. The molecule has 6 nitrogen and oxygen atoms in total. The zero-order chi connectivity index (χ0) is 16.4. The minimum atomic E-state index is -2.76. The van der Waals surface area contributed by atoms with Gasteiger partial charge in [0.2, 0.25) is 0 Å². The Hall–Kier alpha value is -1.54. The number of rotatable bonds is 3. The molecule has 4 heterocycles. The van der Waals surface area contributed by atoms with Crippen molar-refractivity contribution in [3.63, 3.8) is 0 Å². The van der Waals surface area contributed by atoms with Crippen molar-refractivity contribution in [2.45, 2.75) is 38.0 Å². The fourth-order valence-electron chi connectivity index (χ4n) is 4.54. The summed E-state index contributed by atoms with van der Waals surface area (Å²) in [5, 5.41) is 13.3. The number of fused-ring (bicyclic) bond motifs is 1. The van der Waals surface area contributed by atoms with E-state index >= 15 is 0 Å². The summed E-state index contributed by atoms with van der Waals surface area (Å²) in [6.45, 7) is -0.269. The summed E-state index contributed by atoms with van der Waals surface area (Å²) >= 11 is 0. The third-order valence-corrected chi connectivity index (χ3v) is 5.61. The number of halogens is 2. The van der Waals surface area contributed by atoms with Crippen LogP contribution in [0.1, 0.15) is 35.6 Å². The first-order valence-electron chi connectivity index (χ1n) is 7.87. The quantitative estimate of drug-likeness (QED) is 0.906. The Bertz CT molecular complexity index is 650. The molecule has 0 radical (unpaired) electrons. The van der Waals surface area contributed by atoms with Crippen LogP contribution in [0.15, 0.2) is 6.07 Å². The summed E-state index contributed by atoms with van der Waals surface area (Å²) in [4.78, 5) is 14.3. The van der Waals surface area contributed by atoms with E-state index in [0.717, 1.165) is 12.8 Å². The summed E-state index contributed by atoms with van der Waals surface area (Å²) in [5.74, 6) is -0.171. The average Bonchev–Trinajstić information content (AvgIpc) is 3.23. The molecule has 126 valence electrons. The number of aliphatic hydroxyl groups excluding tert-OH is 1. The van der Waals surface area contributed by atoms with Gasteiger partial charge in [0.05, 0.1) is 18.2 Å². The molecule has 1 aromatic rings. The predicted molar refractivity (Wildman–Crippen MR) is 75.0 cm³/mol. The van der Waals surface area contributed by atoms with Crippen molar-refractivity contribution < 1.29 is 23.4 Å². The number of carbonyl (C=O) groups excluding carboxylic acids is 1. The molecule has 1 N–H and O–H groups in total. The van der Waals surface area contributed by atoms with Gasteiger partial charge in [-0.3, -0.25) is 4.79 Å². The van der Waals surface area contributed by atoms with Crippen molar-refractivity contribution in [2.24, 2.45) is 11.8 Å². The van der Waals surface area contributed by atoms with Crippen molar-refractivity contribution in [2.75, 3.05) is 19.7 Å². The molecule has 23 heavy (non-hydrogen) atoms. The molecule has 3 aliphatic heterocycles. The van der Waals surface area contributed by atoms with E-state index in [-0.39, 0.29) is 47.4 Å². The van der Waals surface area contributed by atoms with E-state index in [1.807, 2.05) is 0 Å². The Kier molecular flexibility index (Phi) is 3.25. The van der Waals surface area contributed by atoms with Crippen LogP contribution in [0.25, 0.3) is 0 Å². The Labute approximate surface area is 132 Å². The molecule has 4 atom stereocenters. The standard InChI is InChI=1S/C15H19F2N3O3/c1-8-4-11(18-20(8)14(16)17)13(22)19-5-10-9(6-21)12-2-3-15(10,7-19)23-12/h4,9-10,12,14,21H,2-3,5-7H2,1H3/t9-,10+,12+,15+/m1/s1. The normalized spacial score (nSPS) is 35.3. The van der Waals surface area contributed by atoms with Gasteiger partial charge >= 0.3 is 6.55 Å². The highest BCUT2D eigenvalue weighted by atomic mass is 19.3. The first-order chi connectivity index (χ1) is 10.9. The predicted octanol–water partition coefficient (Wildman–Crippen LogP) is 1.20. The highest BCUT2D eigenvalue weighted by Crippen LogP contribution is 2.54. The zero-order valence-electron chi connectivity index (χ0n) is 12.8. The molecule has 0 unspecified atom stereocenters. The monoisotopic (exact) mass is 327 g/mol. The molecule has 2 bridgehead atoms. The lowest BCUT2D eigenvalue weighted by Crippen LogP contribution is -2.38. The van der Waals surface area contributed by atoms with Crippen LogP contribution in [0.4, 0.5) is 8.78 Å². The van der Waals surface area contributed by atoms with E-state index in [2.05, 4.69) is 5.10 Å². The second-order valence-electron chi connectivity index (χ2n) is 6.79. The third-order valence-electron chi connectivity index (χ3n) is 5.61. The lowest BCUT2D eigenvalue weighted by molar-refractivity contribution is 0.00140. The second kappa shape index (κ2) is 4.98. The maximum absolute atomic E-state index is 12.8. The molecule has 3 saturated heterocycles. The number of amides is 1. The van der Waals surface area contributed by atoms with Crippen LogP contribution < -0.4 is 0 Å². The maximum Gasteiger partial charge on any atom is 0.333 e. The van der Waals surface area contributed by atoms with Gasteiger partial charge in [-0.05, 0) is 25.8 Å². The first kappa shape index (κ1) is 15.0. The van der Waals surface area contributed by atoms with Crippen molar-refractivity contribution in [3.8, 4) is 0 Å². The van der Waals surface area contributed by atoms with Gasteiger partial charge in [0, 0.05) is 30.7 Å². The van der Waals surface area contributed by atoms with E-state index in [0.29, 0.717) is 17.8 Å². The fourth-order valence-corrected chi connectivity index (χ4v) is 4.54. The van der Waals surface area contributed by atoms with Crippen LogP contribution in [0, 0.1) is 18.8 Å². The van der Waals surface area contributed by atoms with Crippen LogP contribution >= 0.6 is 0 Å². The maximum atomic E-state index is 12.8. The number of likely N-dealkylation sites (tertiary alicyclic amines) is 1. The number of carbonyl (C=O) groups is 1. The molecule has 1 aromatic heterocycles. The smallest absolute Gasteiger partial charge is 0.333 e. The van der Waals surface area contributed by atoms with E-state index in [1.54, 1.807) is 4.90 Å². The fraction of sp³-hybridized carbons (Fsp3) is 0.733. The van der Waals surface area contributed by atoms with Gasteiger partial charge in [0.25, 0.3) is 5.91 Å². The number of hydrogen-bond donors (Lipinski definition) is 1. The summed E-state index contributed by atoms with van der Waals surface area (Å²) < 4.78 is 32.3. The van der Waals surface area contributed by atoms with Gasteiger partial charge < -0.3 is 14.7 Å². The van der Waals surface area contributed by atoms with Gasteiger partial charge in [-0.15, -0.1) is 0 Å². The van der Waals surface area contributed by atoms with Gasteiger partial charge in [-0.25, -0.2) is 4.68 Å². The molecular formula is C15H19F2N3O3. The zero-order valence-corrected chi connectivity index (χ0v) is 12.8. The average molecular weight is 327 g/mol. The van der Waals surface area contributed by atoms with Crippen molar-refractivity contribution >= 4 is 5.91 Å². The topological polar surface area (TPSA) is 67.6 Å². The van der Waals surface area contributed by atoms with Gasteiger partial charge in [-0.2, -0.15) is 13.9 Å². The van der Waals surface area contributed by atoms with Crippen LogP contribution in [-0.2, 0) is 4.74 Å². The Morgan fingerprint density at radius 1 is 1.61 bits per heavy atom. The molecule has 3 aliphatic rings. The first-order valence-corrected chi connectivity index (χ1v) is 7.87. The minimum Gasteiger partial charge on any atom is -0.396 e. The molecule has 0 aromatic carbocycles. The van der Waals surface area contributed by atoms with Crippen LogP contribution in [0.5, 0.6) is 0 Å². The molecule has 0 aliphatic carbocycles. The van der Waals surface area contributed by atoms with Crippen molar-refractivity contribution in [1.29, 1.82) is 0 Å². The molecule has 1 amide bonds. The van der Waals surface area contributed by atoms with Crippen molar-refractivity contribution in [3.05, 3.63) is 17.5 Å². The highest BCUT2D eigenvalue weighted by Gasteiger charge is 2.63. The number of ether oxygens (including phenoxy) is 1. The van der Waals surface area contributed by atoms with Crippen LogP contribution in [-0.4, -0.2) is 57.1 Å². The van der Waals surface area contributed by atoms with Crippen LogP contribution in [0.2, 0.25) is 0 Å². The lowest BCUT2D eigenvalue weighted by atomic mass is 9.74. The lowest BCUT2D eigenvalue weighted by Gasteiger charge is -2.27. The number of alkyl halides is 2. The van der Waals surface area contributed by atoms with Gasteiger partial charge in [0.15, 0.2) is 5.69 Å². The Balaban J connectivity index is 1.56. The summed E-state index contributed by atoms with van der Waals surface area (Å²) in [6, 6.07) is 1.39. The second-order valence-corrected chi connectivity index (χ2v) is 6.79. The molecule has 4 rings (SSSR count). The number of aryl methyl sites for hydroxylation is 1. The molecule has 8 heteroatoms. The minimum absolute atomic E-state index is 0.0364. The number of aliphatic hydroxyl groups is 1. The number of hydrogen-bond acceptors (Lipinski definition) is 4. The number of aromatic nitrogens is 2. The summed E-state index contributed by atoms with van der Waals surface area (Å²) in [5.41, 5.74) is -0.0748. The number of nitrogens with zero attached hydrogens (tertiary/aromatic N) is 3. The SMILES string of the molecule is Cc1cc(C(=O)N2C[C@H]3[C@@H](CO)[C@@H]4CC[C@@]3(C2)O4)nn1C(F)F. The molecule has 3 fully saturated rings. The highest BCUT2D eigenvalue weighted by molar-refractivity contribution is 5.92. The van der Waals surface area contributed by atoms with Gasteiger partial charge in [0.1, 0.15) is 0 Å². The molecule has 1 spiro atoms. The van der Waals surface area contributed by atoms with E-state index in [1.165, 1.54) is 13.0 Å². The van der Waals surface area contributed by atoms with E-state index < -0.39 is 6.55 Å². The molecular weight excluding hydrogens is 308 g/mol. The van der Waals surface area contributed by atoms with E-state index in [4.69, 9.17) is 4.74 Å². The Morgan fingerprint density at radius 3 is 3.04 bits per heavy atom. The van der Waals surface area contributed by atoms with Crippen molar-refractivity contribution in [1.82, 2.24) is 14.7 Å². The van der Waals surface area contributed by atoms with Gasteiger partial charge in [-0.1, -0.05) is 0 Å². The van der Waals surface area contributed by atoms with Crippen LogP contribution in [0.3, 0.4) is 0 Å². The largest absolute Gasteiger partial charge is 0.396 e. The summed E-state index contributed by atoms with van der Waals surface area (Å²) in [6.07, 6.45) is 1.87. The molecule has 0 saturated carbocycles. The summed E-state index contributed by atoms with van der Waals surface area (Å²) in [7, 11) is 0. The van der Waals surface area contributed by atoms with E-state index in [9.17, 15) is 18.7 Å².